The largest absolute Gasteiger partial charge is 0.356 e. The van der Waals surface area contributed by atoms with E-state index in [1.54, 1.807) is 0 Å². The molecule has 0 aliphatic carbocycles. The minimum atomic E-state index is 0.312. The Kier molecular flexibility index (Phi) is 7.09. The van der Waals surface area contributed by atoms with Gasteiger partial charge in [0, 0.05) is 46.2 Å². The van der Waals surface area contributed by atoms with Crippen LogP contribution in [0, 0.1) is 0 Å². The van der Waals surface area contributed by atoms with Crippen molar-refractivity contribution >= 4 is 11.9 Å². The van der Waals surface area contributed by atoms with Crippen molar-refractivity contribution < 1.29 is 4.79 Å². The first-order chi connectivity index (χ1) is 11.7. The predicted octanol–water partition coefficient (Wildman–Crippen LogP) is 2.48. The summed E-state index contributed by atoms with van der Waals surface area (Å²) in [4.78, 5) is 20.5. The highest BCUT2D eigenvalue weighted by molar-refractivity contribution is 5.79. The van der Waals surface area contributed by atoms with Gasteiger partial charge in [-0.15, -0.1) is 0 Å². The average Bonchev–Trinajstić information content (AvgIpc) is 3.02. The van der Waals surface area contributed by atoms with Gasteiger partial charge in [0.05, 0.1) is 0 Å². The van der Waals surface area contributed by atoms with Gasteiger partial charge in [-0.2, -0.15) is 0 Å². The van der Waals surface area contributed by atoms with Gasteiger partial charge in [0.15, 0.2) is 5.96 Å². The molecule has 1 unspecified atom stereocenters. The van der Waals surface area contributed by atoms with Crippen molar-refractivity contribution in [1.82, 2.24) is 15.1 Å². The third-order valence-electron chi connectivity index (χ3n) is 4.62. The van der Waals surface area contributed by atoms with E-state index in [1.165, 1.54) is 5.56 Å². The number of likely N-dealkylation sites (tertiary alicyclic amines) is 1. The minimum Gasteiger partial charge on any atom is -0.356 e. The Bertz CT molecular complexity index is 544. The standard InChI is InChI=1S/C19H30N4O/c1-4-17(23-14-8-11-18(23)24)12-13-21-19(20-2)22(3)15-16-9-6-5-7-10-16/h5-7,9-10,17H,4,8,11-15H2,1-3H3,(H,20,21). The molecule has 0 radical (unpaired) electrons. The first-order valence-corrected chi connectivity index (χ1v) is 8.90. The van der Waals surface area contributed by atoms with Crippen molar-refractivity contribution in [2.24, 2.45) is 4.99 Å². The lowest BCUT2D eigenvalue weighted by atomic mass is 10.1. The maximum atomic E-state index is 11.9. The first-order valence-electron chi connectivity index (χ1n) is 8.90. The Balaban J connectivity index is 1.81. The maximum absolute atomic E-state index is 11.9. The van der Waals surface area contributed by atoms with Gasteiger partial charge in [0.1, 0.15) is 0 Å². The molecule has 1 heterocycles. The summed E-state index contributed by atoms with van der Waals surface area (Å²) in [6.07, 6.45) is 3.68. The molecule has 0 saturated carbocycles. The van der Waals surface area contributed by atoms with Crippen LogP contribution in [0.1, 0.15) is 38.2 Å². The smallest absolute Gasteiger partial charge is 0.222 e. The summed E-state index contributed by atoms with van der Waals surface area (Å²) in [5.41, 5.74) is 1.26. The summed E-state index contributed by atoms with van der Waals surface area (Å²) >= 11 is 0. The summed E-state index contributed by atoms with van der Waals surface area (Å²) < 4.78 is 0. The van der Waals surface area contributed by atoms with Crippen LogP contribution in [-0.2, 0) is 11.3 Å². The number of nitrogens with one attached hydrogen (secondary N) is 1. The number of rotatable bonds is 7. The van der Waals surface area contributed by atoms with Gasteiger partial charge in [-0.25, -0.2) is 0 Å². The second-order valence-corrected chi connectivity index (χ2v) is 6.36. The molecule has 5 nitrogen and oxygen atoms in total. The van der Waals surface area contributed by atoms with Crippen LogP contribution in [-0.4, -0.2) is 54.9 Å². The number of nitrogens with zero attached hydrogens (tertiary/aromatic N) is 3. The fourth-order valence-electron chi connectivity index (χ4n) is 3.30. The third kappa shape index (κ3) is 4.98. The Morgan fingerprint density at radius 1 is 1.38 bits per heavy atom. The summed E-state index contributed by atoms with van der Waals surface area (Å²) in [6.45, 7) is 4.73. The van der Waals surface area contributed by atoms with Gasteiger partial charge in [0.25, 0.3) is 0 Å². The number of guanidine groups is 1. The fraction of sp³-hybridized carbons (Fsp3) is 0.579. The highest BCUT2D eigenvalue weighted by atomic mass is 16.2. The van der Waals surface area contributed by atoms with Crippen LogP contribution in [0.5, 0.6) is 0 Å². The lowest BCUT2D eigenvalue weighted by Gasteiger charge is -2.28. The molecule has 0 bridgehead atoms. The van der Waals surface area contributed by atoms with Crippen LogP contribution >= 0.6 is 0 Å². The van der Waals surface area contributed by atoms with Gasteiger partial charge in [-0.05, 0) is 24.8 Å². The predicted molar refractivity (Wildman–Crippen MR) is 98.9 cm³/mol. The number of hydrogen-bond donors (Lipinski definition) is 1. The van der Waals surface area contributed by atoms with Gasteiger partial charge >= 0.3 is 0 Å². The maximum Gasteiger partial charge on any atom is 0.222 e. The number of amides is 1. The number of carbonyl (C=O) groups is 1. The quantitative estimate of drug-likeness (QED) is 0.617. The van der Waals surface area contributed by atoms with E-state index in [4.69, 9.17) is 0 Å². The molecule has 1 aromatic rings. The van der Waals surface area contributed by atoms with E-state index < -0.39 is 0 Å². The molecule has 1 aromatic carbocycles. The summed E-state index contributed by atoms with van der Waals surface area (Å²) in [5, 5.41) is 3.43. The van der Waals surface area contributed by atoms with Crippen molar-refractivity contribution in [3.8, 4) is 0 Å². The molecule has 0 spiro atoms. The number of carbonyl (C=O) groups excluding carboxylic acids is 1. The van der Waals surface area contributed by atoms with Gasteiger partial charge < -0.3 is 15.1 Å². The molecule has 24 heavy (non-hydrogen) atoms. The van der Waals surface area contributed by atoms with E-state index in [-0.39, 0.29) is 0 Å². The molecular formula is C19H30N4O. The van der Waals surface area contributed by atoms with E-state index in [1.807, 2.05) is 20.2 Å². The van der Waals surface area contributed by atoms with Crippen LogP contribution < -0.4 is 5.32 Å². The Morgan fingerprint density at radius 2 is 2.12 bits per heavy atom. The number of hydrogen-bond acceptors (Lipinski definition) is 2. The molecule has 2 rings (SSSR count). The molecule has 1 atom stereocenters. The molecule has 1 saturated heterocycles. The van der Waals surface area contributed by atoms with E-state index in [0.29, 0.717) is 18.4 Å². The molecule has 1 fully saturated rings. The SMILES string of the molecule is CCC(CCNC(=NC)N(C)Cc1ccccc1)N1CCCC1=O. The van der Waals surface area contributed by atoms with Crippen molar-refractivity contribution in [3.63, 3.8) is 0 Å². The van der Waals surface area contributed by atoms with Crippen LogP contribution in [0.4, 0.5) is 0 Å². The second kappa shape index (κ2) is 9.30. The third-order valence-corrected chi connectivity index (χ3v) is 4.62. The number of benzene rings is 1. The monoisotopic (exact) mass is 330 g/mol. The van der Waals surface area contributed by atoms with Gasteiger partial charge in [-0.1, -0.05) is 37.3 Å². The van der Waals surface area contributed by atoms with E-state index in [0.717, 1.165) is 44.9 Å². The highest BCUT2D eigenvalue weighted by Gasteiger charge is 2.26. The van der Waals surface area contributed by atoms with Gasteiger partial charge in [0.2, 0.25) is 5.91 Å². The molecule has 132 valence electrons. The van der Waals surface area contributed by atoms with E-state index in [9.17, 15) is 4.79 Å². The Morgan fingerprint density at radius 3 is 2.71 bits per heavy atom. The van der Waals surface area contributed by atoms with Crippen LogP contribution in [0.15, 0.2) is 35.3 Å². The van der Waals surface area contributed by atoms with Gasteiger partial charge in [-0.3, -0.25) is 9.79 Å². The molecule has 0 aromatic heterocycles. The highest BCUT2D eigenvalue weighted by Crippen LogP contribution is 2.17. The zero-order valence-electron chi connectivity index (χ0n) is 15.2. The summed E-state index contributed by atoms with van der Waals surface area (Å²) in [6, 6.07) is 10.7. The molecule has 1 N–H and O–H groups in total. The van der Waals surface area contributed by atoms with Crippen molar-refractivity contribution in [2.75, 3.05) is 27.2 Å². The average molecular weight is 330 g/mol. The molecule has 1 aliphatic rings. The zero-order valence-corrected chi connectivity index (χ0v) is 15.2. The molecule has 1 aliphatic heterocycles. The molecule has 5 heteroatoms. The zero-order chi connectivity index (χ0) is 17.4. The van der Waals surface area contributed by atoms with Crippen molar-refractivity contribution in [2.45, 2.75) is 45.2 Å². The van der Waals surface area contributed by atoms with E-state index >= 15 is 0 Å². The second-order valence-electron chi connectivity index (χ2n) is 6.36. The molecule has 1 amide bonds. The Hall–Kier alpha value is -2.04. The van der Waals surface area contributed by atoms with Crippen LogP contribution in [0.25, 0.3) is 0 Å². The topological polar surface area (TPSA) is 47.9 Å². The van der Waals surface area contributed by atoms with Crippen molar-refractivity contribution in [3.05, 3.63) is 35.9 Å². The minimum absolute atomic E-state index is 0.312. The molecular weight excluding hydrogens is 300 g/mol. The summed E-state index contributed by atoms with van der Waals surface area (Å²) in [7, 11) is 3.86. The van der Waals surface area contributed by atoms with E-state index in [2.05, 4.69) is 51.3 Å². The first kappa shape index (κ1) is 18.3. The summed E-state index contributed by atoms with van der Waals surface area (Å²) in [5.74, 6) is 1.20. The van der Waals surface area contributed by atoms with Crippen LogP contribution in [0.3, 0.4) is 0 Å². The Labute approximate surface area is 145 Å². The number of aliphatic imine (C=N–C) groups is 1. The van der Waals surface area contributed by atoms with Crippen molar-refractivity contribution in [1.29, 1.82) is 0 Å². The lowest BCUT2D eigenvalue weighted by molar-refractivity contribution is -0.129. The fourth-order valence-corrected chi connectivity index (χ4v) is 3.30. The van der Waals surface area contributed by atoms with Crippen LogP contribution in [0.2, 0.25) is 0 Å². The lowest BCUT2D eigenvalue weighted by Crippen LogP contribution is -2.42. The normalized spacial score (nSPS) is 16.4.